The van der Waals surface area contributed by atoms with E-state index >= 15 is 0 Å². The van der Waals surface area contributed by atoms with Crippen molar-refractivity contribution in [2.45, 2.75) is 46.5 Å². The van der Waals surface area contributed by atoms with Crippen molar-refractivity contribution < 1.29 is 80.8 Å². The number of nitrogens with zero attached hydrogens (tertiary/aromatic N) is 1. The van der Waals surface area contributed by atoms with Crippen molar-refractivity contribution >= 4 is 11.9 Å². The van der Waals surface area contributed by atoms with E-state index in [2.05, 4.69) is 13.0 Å². The molecular formula is C18H33KNO5+. The second kappa shape index (κ2) is 15.3. The van der Waals surface area contributed by atoms with Crippen molar-refractivity contribution in [1.82, 2.24) is 0 Å². The first kappa shape index (κ1) is 27.5. The third kappa shape index (κ3) is 12.3. The smallest absolute Gasteiger partial charge is 0.550 e. The normalized spacial score (nSPS) is 16.0. The van der Waals surface area contributed by atoms with Crippen molar-refractivity contribution in [1.29, 1.82) is 0 Å². The van der Waals surface area contributed by atoms with E-state index in [0.29, 0.717) is 13.1 Å². The fraction of sp³-hybridized carbons (Fsp3) is 0.778. The predicted molar refractivity (Wildman–Crippen MR) is 91.1 cm³/mol. The molecule has 0 bridgehead atoms. The fourth-order valence-corrected chi connectivity index (χ4v) is 2.95. The number of carboxylic acids is 2. The van der Waals surface area contributed by atoms with E-state index in [1.165, 1.54) is 6.42 Å². The molecule has 0 aromatic heterocycles. The van der Waals surface area contributed by atoms with Gasteiger partial charge in [-0.15, -0.1) is 0 Å². The fourth-order valence-electron chi connectivity index (χ4n) is 2.95. The average molecular weight is 383 g/mol. The van der Waals surface area contributed by atoms with Gasteiger partial charge in [0.15, 0.2) is 0 Å². The van der Waals surface area contributed by atoms with Gasteiger partial charge in [0, 0.05) is 11.9 Å². The van der Waals surface area contributed by atoms with E-state index in [0.717, 1.165) is 19.3 Å². The molecule has 0 saturated carbocycles. The molecule has 6 nitrogen and oxygen atoms in total. The molecule has 2 N–H and O–H groups in total. The summed E-state index contributed by atoms with van der Waals surface area (Å²) in [5.41, 5.74) is 0. The minimum absolute atomic E-state index is 0. The van der Waals surface area contributed by atoms with Crippen LogP contribution in [-0.4, -0.2) is 59.4 Å². The monoisotopic (exact) mass is 382 g/mol. The third-order valence-corrected chi connectivity index (χ3v) is 4.35. The van der Waals surface area contributed by atoms with Gasteiger partial charge in [0.25, 0.3) is 0 Å². The molecule has 3 unspecified atom stereocenters. The van der Waals surface area contributed by atoms with Crippen LogP contribution < -0.4 is 56.5 Å². The Balaban J connectivity index is 0. The molecule has 0 saturated heterocycles. The van der Waals surface area contributed by atoms with Gasteiger partial charge in [0.2, 0.25) is 0 Å². The van der Waals surface area contributed by atoms with E-state index in [-0.39, 0.29) is 75.6 Å². The minimum atomic E-state index is -1.15. The number of aliphatic carboxylic acids is 2. The Kier molecular flexibility index (Phi) is 16.8. The van der Waals surface area contributed by atoms with Crippen LogP contribution in [-0.2, 0) is 9.59 Å². The zero-order chi connectivity index (χ0) is 18.6. The van der Waals surface area contributed by atoms with Crippen molar-refractivity contribution in [2.24, 2.45) is 11.8 Å². The molecule has 0 spiro atoms. The minimum Gasteiger partial charge on any atom is -0.550 e. The van der Waals surface area contributed by atoms with Gasteiger partial charge in [-0.2, -0.15) is 0 Å². The largest absolute Gasteiger partial charge is 1.00 e. The van der Waals surface area contributed by atoms with Gasteiger partial charge in [-0.3, -0.25) is 4.79 Å². The Morgan fingerprint density at radius 2 is 1.72 bits per heavy atom. The molecule has 0 aliphatic rings. The van der Waals surface area contributed by atoms with Gasteiger partial charge in [-0.1, -0.05) is 32.8 Å². The third-order valence-electron chi connectivity index (χ3n) is 4.35. The number of allylic oxidation sites excluding steroid dienone is 1. The number of aliphatic hydroxyl groups is 1. The van der Waals surface area contributed by atoms with Crippen LogP contribution in [0, 0.1) is 11.8 Å². The van der Waals surface area contributed by atoms with Gasteiger partial charge in [-0.25, -0.2) is 0 Å². The molecule has 0 amide bonds. The number of aliphatic hydroxyl groups excluding tert-OH is 1. The van der Waals surface area contributed by atoms with E-state index in [1.807, 2.05) is 6.08 Å². The summed E-state index contributed by atoms with van der Waals surface area (Å²) in [6.07, 6.45) is 8.43. The van der Waals surface area contributed by atoms with Crippen LogP contribution in [0.3, 0.4) is 0 Å². The maximum absolute atomic E-state index is 11.2. The Labute approximate surface area is 194 Å². The summed E-state index contributed by atoms with van der Waals surface area (Å²) >= 11 is 0. The van der Waals surface area contributed by atoms with Crippen molar-refractivity contribution in [3.63, 3.8) is 0 Å². The first-order valence-electron chi connectivity index (χ1n) is 8.82. The van der Waals surface area contributed by atoms with Crippen LogP contribution in [0.4, 0.5) is 0 Å². The van der Waals surface area contributed by atoms with Crippen LogP contribution in [0.15, 0.2) is 12.2 Å². The van der Waals surface area contributed by atoms with E-state index < -0.39 is 23.8 Å². The van der Waals surface area contributed by atoms with E-state index in [1.54, 1.807) is 13.8 Å². The Morgan fingerprint density at radius 3 is 2.20 bits per heavy atom. The van der Waals surface area contributed by atoms with Crippen LogP contribution in [0.2, 0.25) is 0 Å². The number of carboxylic acid groups (broad SMARTS) is 2. The molecule has 0 heterocycles. The van der Waals surface area contributed by atoms with Gasteiger partial charge < -0.3 is 24.6 Å². The molecule has 0 fully saturated rings. The summed E-state index contributed by atoms with van der Waals surface area (Å²) in [6.45, 7) is 6.58. The van der Waals surface area contributed by atoms with Crippen LogP contribution in [0.1, 0.15) is 46.5 Å². The number of carbonyl (C=O) groups excluding carboxylic acids is 1. The maximum Gasteiger partial charge on any atom is 1.00 e. The first-order chi connectivity index (χ1) is 11.3. The second-order valence-corrected chi connectivity index (χ2v) is 6.76. The molecule has 0 radical (unpaired) electrons. The van der Waals surface area contributed by atoms with Crippen LogP contribution in [0.5, 0.6) is 0 Å². The van der Waals surface area contributed by atoms with Gasteiger partial charge in [-0.05, 0) is 25.8 Å². The SMILES string of the molecule is CCCCC/C=C/C[N+](CCO)(CC(C)C(=O)[O-])CC(C)C(=O)O.[K+]. The molecule has 140 valence electrons. The molecule has 3 atom stereocenters. The summed E-state index contributed by atoms with van der Waals surface area (Å²) in [6, 6.07) is 0. The van der Waals surface area contributed by atoms with Gasteiger partial charge in [0.1, 0.15) is 12.5 Å². The van der Waals surface area contributed by atoms with Crippen LogP contribution in [0.25, 0.3) is 0 Å². The second-order valence-electron chi connectivity index (χ2n) is 6.76. The number of hydrogen-bond donors (Lipinski definition) is 2. The predicted octanol–water partition coefficient (Wildman–Crippen LogP) is -1.96. The number of rotatable bonds is 14. The Hall–Kier alpha value is 0.236. The standard InChI is InChI=1S/C18H33NO5.K/c1-4-5-6-7-8-9-10-19(11-12-20,13-15(2)17(21)22)14-16(3)18(23)24;/h8-9,15-16,20H,4-7,10-14H2,1-3H3,(H-,21,22,23,24);/q;+1/b9-8+;. The summed E-state index contributed by atoms with van der Waals surface area (Å²) in [5, 5.41) is 29.8. The average Bonchev–Trinajstić information content (AvgIpc) is 2.50. The van der Waals surface area contributed by atoms with Gasteiger partial charge in [0.05, 0.1) is 26.2 Å². The maximum atomic E-state index is 11.2. The van der Waals surface area contributed by atoms with Crippen LogP contribution >= 0.6 is 0 Å². The number of quaternary nitrogens is 1. The zero-order valence-electron chi connectivity index (χ0n) is 16.2. The quantitative estimate of drug-likeness (QED) is 0.157. The van der Waals surface area contributed by atoms with Crippen molar-refractivity contribution in [3.8, 4) is 0 Å². The van der Waals surface area contributed by atoms with Gasteiger partial charge >= 0.3 is 57.4 Å². The molecular weight excluding hydrogens is 349 g/mol. The first-order valence-corrected chi connectivity index (χ1v) is 8.82. The summed E-state index contributed by atoms with van der Waals surface area (Å²) in [5.74, 6) is -3.38. The number of hydrogen-bond acceptors (Lipinski definition) is 4. The van der Waals surface area contributed by atoms with Crippen molar-refractivity contribution in [2.75, 3.05) is 32.8 Å². The molecule has 7 heteroatoms. The van der Waals surface area contributed by atoms with E-state index in [9.17, 15) is 24.9 Å². The summed E-state index contributed by atoms with van der Waals surface area (Å²) in [7, 11) is 0. The molecule has 0 aromatic rings. The molecule has 25 heavy (non-hydrogen) atoms. The van der Waals surface area contributed by atoms with E-state index in [4.69, 9.17) is 0 Å². The molecule has 0 aliphatic carbocycles. The Bertz CT molecular complexity index is 392. The summed E-state index contributed by atoms with van der Waals surface area (Å²) in [4.78, 5) is 22.4. The topological polar surface area (TPSA) is 97.7 Å². The number of unbranched alkanes of at least 4 members (excludes halogenated alkanes) is 3. The van der Waals surface area contributed by atoms with Crippen molar-refractivity contribution in [3.05, 3.63) is 12.2 Å². The molecule has 0 aliphatic heterocycles. The molecule has 0 rings (SSSR count). The number of carbonyl (C=O) groups is 2. The molecule has 0 aromatic carbocycles. The zero-order valence-corrected chi connectivity index (χ0v) is 19.4. The Morgan fingerprint density at radius 1 is 1.12 bits per heavy atom. The summed E-state index contributed by atoms with van der Waals surface area (Å²) < 4.78 is 0.239.